The average molecular weight is 448 g/mol. The predicted molar refractivity (Wildman–Crippen MR) is 106 cm³/mol. The van der Waals surface area contributed by atoms with Gasteiger partial charge in [-0.1, -0.05) is 0 Å². The molecule has 0 aliphatic heterocycles. The molecule has 166 valence electrons. The van der Waals surface area contributed by atoms with E-state index in [1.165, 1.54) is 12.1 Å². The first-order chi connectivity index (χ1) is 15.0. The minimum absolute atomic E-state index is 0.100. The molecule has 0 aliphatic rings. The number of rotatable bonds is 5. The Hall–Kier alpha value is -4.09. The molecule has 32 heavy (non-hydrogen) atoms. The molecule has 0 saturated carbocycles. The molecule has 0 spiro atoms. The molecular weight excluding hydrogens is 433 g/mol. The van der Waals surface area contributed by atoms with E-state index in [0.29, 0.717) is 28.9 Å². The maximum absolute atomic E-state index is 12.8. The van der Waals surface area contributed by atoms with Crippen LogP contribution in [0.2, 0.25) is 0 Å². The fraction of sp³-hybridized carbons (Fsp3) is 0.200. The van der Waals surface area contributed by atoms with Gasteiger partial charge in [0.25, 0.3) is 11.6 Å². The zero-order chi connectivity index (χ0) is 23.6. The third kappa shape index (κ3) is 4.96. The summed E-state index contributed by atoms with van der Waals surface area (Å²) in [5, 5.41) is 13.1. The van der Waals surface area contributed by atoms with Crippen LogP contribution >= 0.6 is 0 Å². The Morgan fingerprint density at radius 1 is 1.06 bits per heavy atom. The number of hydrogen-bond acceptors (Lipinski definition) is 7. The quantitative estimate of drug-likeness (QED) is 0.356. The number of carbonyl (C=O) groups excluding carboxylic acids is 2. The second-order valence-corrected chi connectivity index (χ2v) is 6.71. The van der Waals surface area contributed by atoms with Gasteiger partial charge in [0.05, 0.1) is 38.5 Å². The maximum atomic E-state index is 12.8. The smallest absolute Gasteiger partial charge is 0.416 e. The second-order valence-electron chi connectivity index (χ2n) is 6.71. The van der Waals surface area contributed by atoms with E-state index in [2.05, 4.69) is 15.3 Å². The van der Waals surface area contributed by atoms with Gasteiger partial charge in [0.2, 0.25) is 0 Å². The number of aromatic nitrogens is 2. The van der Waals surface area contributed by atoms with Crippen molar-refractivity contribution in [2.75, 3.05) is 11.9 Å². The summed E-state index contributed by atoms with van der Waals surface area (Å²) in [5.41, 5.74) is -0.109. The number of nitro benzene ring substituents is 1. The molecule has 1 aromatic heterocycles. The minimum Gasteiger partial charge on any atom is -0.452 e. The lowest BCUT2D eigenvalue weighted by Gasteiger charge is -2.10. The third-order valence-electron chi connectivity index (χ3n) is 4.44. The summed E-state index contributed by atoms with van der Waals surface area (Å²) < 4.78 is 43.2. The first kappa shape index (κ1) is 22.6. The zero-order valence-corrected chi connectivity index (χ0v) is 16.7. The van der Waals surface area contributed by atoms with Gasteiger partial charge in [0, 0.05) is 6.07 Å². The van der Waals surface area contributed by atoms with Crippen LogP contribution in [-0.2, 0) is 15.7 Å². The molecule has 12 heteroatoms. The number of anilines is 1. The number of amides is 1. The summed E-state index contributed by atoms with van der Waals surface area (Å²) in [6, 6.07) is 6.10. The Morgan fingerprint density at radius 3 is 2.34 bits per heavy atom. The molecule has 2 aromatic carbocycles. The number of aryl methyl sites for hydroxylation is 2. The van der Waals surface area contributed by atoms with Crippen LogP contribution < -0.4 is 5.32 Å². The Labute approximate surface area is 178 Å². The lowest BCUT2D eigenvalue weighted by Crippen LogP contribution is -2.21. The van der Waals surface area contributed by atoms with Gasteiger partial charge >= 0.3 is 12.1 Å². The molecule has 0 bridgehead atoms. The van der Waals surface area contributed by atoms with E-state index >= 15 is 0 Å². The molecule has 3 rings (SSSR count). The number of halogens is 3. The molecular formula is C20H15F3N4O5. The van der Waals surface area contributed by atoms with Crippen LogP contribution in [0.4, 0.5) is 24.5 Å². The third-order valence-corrected chi connectivity index (χ3v) is 4.44. The number of alkyl halides is 3. The first-order valence-corrected chi connectivity index (χ1v) is 9.03. The van der Waals surface area contributed by atoms with Gasteiger partial charge in [-0.25, -0.2) is 14.8 Å². The van der Waals surface area contributed by atoms with Gasteiger partial charge in [-0.3, -0.25) is 14.9 Å². The number of fused-ring (bicyclic) bond motifs is 1. The van der Waals surface area contributed by atoms with Crippen molar-refractivity contribution in [3.8, 4) is 0 Å². The van der Waals surface area contributed by atoms with E-state index in [9.17, 15) is 32.9 Å². The number of nitro groups is 1. The molecule has 0 unspecified atom stereocenters. The lowest BCUT2D eigenvalue weighted by molar-refractivity contribution is -0.384. The maximum Gasteiger partial charge on any atom is 0.416 e. The van der Waals surface area contributed by atoms with Crippen LogP contribution in [0.5, 0.6) is 0 Å². The number of ether oxygens (including phenoxy) is 1. The minimum atomic E-state index is -4.79. The van der Waals surface area contributed by atoms with Crippen LogP contribution in [0.1, 0.15) is 27.3 Å². The highest BCUT2D eigenvalue weighted by Gasteiger charge is 2.33. The standard InChI is InChI=1S/C20H15F3N4O5/c1-10-11(2)25-16-7-12(3-5-14(16)24-10)19(29)32-9-18(28)26-15-6-4-13(20(21,22)23)8-17(15)27(30)31/h3-8H,9H2,1-2H3,(H,26,28). The monoisotopic (exact) mass is 448 g/mol. The summed E-state index contributed by atoms with van der Waals surface area (Å²) in [4.78, 5) is 43.0. The molecule has 1 amide bonds. The highest BCUT2D eigenvalue weighted by molar-refractivity contribution is 5.98. The molecule has 1 N–H and O–H groups in total. The van der Waals surface area contributed by atoms with E-state index in [4.69, 9.17) is 4.74 Å². The van der Waals surface area contributed by atoms with E-state index in [-0.39, 0.29) is 5.56 Å². The molecule has 3 aromatic rings. The van der Waals surface area contributed by atoms with Crippen LogP contribution in [0.3, 0.4) is 0 Å². The van der Waals surface area contributed by atoms with Crippen LogP contribution in [-0.4, -0.2) is 33.4 Å². The van der Waals surface area contributed by atoms with Gasteiger partial charge in [-0.15, -0.1) is 0 Å². The number of carbonyl (C=O) groups is 2. The lowest BCUT2D eigenvalue weighted by atomic mass is 10.1. The van der Waals surface area contributed by atoms with Gasteiger partial charge in [0.1, 0.15) is 5.69 Å². The SMILES string of the molecule is Cc1nc2ccc(C(=O)OCC(=O)Nc3ccc(C(F)(F)F)cc3[N+](=O)[O-])cc2nc1C. The van der Waals surface area contributed by atoms with E-state index in [0.717, 1.165) is 11.8 Å². The number of esters is 1. The van der Waals surface area contributed by atoms with Gasteiger partial charge < -0.3 is 10.1 Å². The van der Waals surface area contributed by atoms with Crippen LogP contribution in [0, 0.1) is 24.0 Å². The van der Waals surface area contributed by atoms with Crippen molar-refractivity contribution in [2.45, 2.75) is 20.0 Å². The Bertz CT molecular complexity index is 1240. The van der Waals surface area contributed by atoms with Crippen LogP contribution in [0.25, 0.3) is 11.0 Å². The van der Waals surface area contributed by atoms with Crippen molar-refractivity contribution in [2.24, 2.45) is 0 Å². The van der Waals surface area contributed by atoms with Crippen molar-refractivity contribution in [1.82, 2.24) is 9.97 Å². The largest absolute Gasteiger partial charge is 0.452 e. The van der Waals surface area contributed by atoms with Crippen LogP contribution in [0.15, 0.2) is 36.4 Å². The van der Waals surface area contributed by atoms with Gasteiger partial charge in [-0.05, 0) is 44.2 Å². The van der Waals surface area contributed by atoms with E-state index < -0.39 is 46.5 Å². The van der Waals surface area contributed by atoms with Gasteiger partial charge in [0.15, 0.2) is 6.61 Å². The number of hydrogen-bond donors (Lipinski definition) is 1. The molecule has 0 aliphatic carbocycles. The molecule has 9 nitrogen and oxygen atoms in total. The second kappa shape index (κ2) is 8.57. The number of benzene rings is 2. The van der Waals surface area contributed by atoms with Crippen molar-refractivity contribution in [1.29, 1.82) is 0 Å². The molecule has 0 saturated heterocycles. The summed E-state index contributed by atoms with van der Waals surface area (Å²) in [5.74, 6) is -1.82. The summed E-state index contributed by atoms with van der Waals surface area (Å²) in [6.07, 6.45) is -4.79. The van der Waals surface area contributed by atoms with E-state index in [1.807, 2.05) is 0 Å². The van der Waals surface area contributed by atoms with Crippen molar-refractivity contribution < 1.29 is 32.4 Å². The fourth-order valence-electron chi connectivity index (χ4n) is 2.72. The Morgan fingerprint density at radius 2 is 1.72 bits per heavy atom. The highest BCUT2D eigenvalue weighted by atomic mass is 19.4. The number of nitrogens with one attached hydrogen (secondary N) is 1. The summed E-state index contributed by atoms with van der Waals surface area (Å²) >= 11 is 0. The van der Waals surface area contributed by atoms with Gasteiger partial charge in [-0.2, -0.15) is 13.2 Å². The normalized spacial score (nSPS) is 11.3. The zero-order valence-electron chi connectivity index (χ0n) is 16.7. The molecule has 1 heterocycles. The Balaban J connectivity index is 1.69. The summed E-state index contributed by atoms with van der Waals surface area (Å²) in [6.45, 7) is 2.74. The molecule has 0 fully saturated rings. The van der Waals surface area contributed by atoms with E-state index in [1.54, 1.807) is 19.9 Å². The summed E-state index contributed by atoms with van der Waals surface area (Å²) in [7, 11) is 0. The molecule has 0 atom stereocenters. The Kier molecular flexibility index (Phi) is 6.05. The highest BCUT2D eigenvalue weighted by Crippen LogP contribution is 2.34. The van der Waals surface area contributed by atoms with Crippen molar-refractivity contribution >= 4 is 34.3 Å². The molecule has 0 radical (unpaired) electrons. The van der Waals surface area contributed by atoms with Crippen molar-refractivity contribution in [3.63, 3.8) is 0 Å². The number of nitrogens with zero attached hydrogens (tertiary/aromatic N) is 3. The van der Waals surface area contributed by atoms with Crippen molar-refractivity contribution in [3.05, 3.63) is 69.0 Å². The average Bonchev–Trinajstić information content (AvgIpc) is 2.71. The fourth-order valence-corrected chi connectivity index (χ4v) is 2.72. The topological polar surface area (TPSA) is 124 Å². The first-order valence-electron chi connectivity index (χ1n) is 9.03. The predicted octanol–water partition coefficient (Wildman–Crippen LogP) is 3.97.